The molecule has 1 aliphatic rings. The molecule has 0 aliphatic carbocycles. The molecule has 5 nitrogen and oxygen atoms in total. The number of piperazine rings is 1. The SMILES string of the molecule is CCNC(=O)C1CNCCN1C(=O)c1cccc(Cl)c1. The van der Waals surface area contributed by atoms with Crippen LogP contribution in [0.3, 0.4) is 0 Å². The van der Waals surface area contributed by atoms with Crippen molar-refractivity contribution in [3.63, 3.8) is 0 Å². The molecule has 0 spiro atoms. The van der Waals surface area contributed by atoms with Crippen molar-refractivity contribution < 1.29 is 9.59 Å². The van der Waals surface area contributed by atoms with Crippen molar-refractivity contribution in [3.8, 4) is 0 Å². The number of hydrogen-bond donors (Lipinski definition) is 2. The van der Waals surface area contributed by atoms with E-state index in [-0.39, 0.29) is 11.8 Å². The van der Waals surface area contributed by atoms with Crippen molar-refractivity contribution >= 4 is 23.4 Å². The highest BCUT2D eigenvalue weighted by Gasteiger charge is 2.32. The van der Waals surface area contributed by atoms with Crippen LogP contribution in [0.25, 0.3) is 0 Å². The van der Waals surface area contributed by atoms with Gasteiger partial charge in [-0.05, 0) is 25.1 Å². The van der Waals surface area contributed by atoms with Gasteiger partial charge in [-0.25, -0.2) is 0 Å². The third-order valence-corrected chi connectivity index (χ3v) is 3.46. The van der Waals surface area contributed by atoms with E-state index in [1.54, 1.807) is 29.2 Å². The molecule has 20 heavy (non-hydrogen) atoms. The minimum Gasteiger partial charge on any atom is -0.355 e. The fourth-order valence-corrected chi connectivity index (χ4v) is 2.45. The van der Waals surface area contributed by atoms with Crippen LogP contribution in [0.2, 0.25) is 5.02 Å². The van der Waals surface area contributed by atoms with Crippen LogP contribution < -0.4 is 10.6 Å². The smallest absolute Gasteiger partial charge is 0.254 e. The van der Waals surface area contributed by atoms with E-state index in [2.05, 4.69) is 10.6 Å². The molecule has 2 amide bonds. The molecule has 1 aromatic rings. The predicted molar refractivity (Wildman–Crippen MR) is 77.8 cm³/mol. The van der Waals surface area contributed by atoms with Crippen LogP contribution in [0.1, 0.15) is 17.3 Å². The molecular formula is C14H18ClN3O2. The highest BCUT2D eigenvalue weighted by molar-refractivity contribution is 6.31. The summed E-state index contributed by atoms with van der Waals surface area (Å²) in [4.78, 5) is 26.2. The fourth-order valence-electron chi connectivity index (χ4n) is 2.26. The van der Waals surface area contributed by atoms with E-state index in [4.69, 9.17) is 11.6 Å². The van der Waals surface area contributed by atoms with Gasteiger partial charge in [0.1, 0.15) is 6.04 Å². The molecule has 1 saturated heterocycles. The topological polar surface area (TPSA) is 61.4 Å². The molecular weight excluding hydrogens is 278 g/mol. The first-order valence-corrected chi connectivity index (χ1v) is 7.06. The highest BCUT2D eigenvalue weighted by atomic mass is 35.5. The number of likely N-dealkylation sites (N-methyl/N-ethyl adjacent to an activating group) is 1. The van der Waals surface area contributed by atoms with Crippen LogP contribution >= 0.6 is 11.6 Å². The number of halogens is 1. The Bertz CT molecular complexity index is 507. The van der Waals surface area contributed by atoms with Gasteiger partial charge in [0.15, 0.2) is 0 Å². The molecule has 1 fully saturated rings. The lowest BCUT2D eigenvalue weighted by Crippen LogP contribution is -2.59. The lowest BCUT2D eigenvalue weighted by atomic mass is 10.1. The zero-order chi connectivity index (χ0) is 14.5. The Kier molecular flexibility index (Phi) is 4.98. The van der Waals surface area contributed by atoms with Gasteiger partial charge in [-0.15, -0.1) is 0 Å². The standard InChI is InChI=1S/C14H18ClN3O2/c1-2-17-13(19)12-9-16-6-7-18(12)14(20)10-4-3-5-11(15)8-10/h3-5,8,12,16H,2,6-7,9H2,1H3,(H,17,19). The number of carbonyl (C=O) groups is 2. The van der Waals surface area contributed by atoms with Gasteiger partial charge in [-0.3, -0.25) is 9.59 Å². The minimum atomic E-state index is -0.477. The summed E-state index contributed by atoms with van der Waals surface area (Å²) in [6, 6.07) is 6.32. The summed E-state index contributed by atoms with van der Waals surface area (Å²) in [5, 5.41) is 6.42. The fraction of sp³-hybridized carbons (Fsp3) is 0.429. The quantitative estimate of drug-likeness (QED) is 0.871. The van der Waals surface area contributed by atoms with E-state index in [1.807, 2.05) is 6.92 Å². The number of amides is 2. The van der Waals surface area contributed by atoms with E-state index < -0.39 is 6.04 Å². The van der Waals surface area contributed by atoms with Crippen LogP contribution in [0.5, 0.6) is 0 Å². The van der Waals surface area contributed by atoms with Gasteiger partial charge in [-0.2, -0.15) is 0 Å². The largest absolute Gasteiger partial charge is 0.355 e. The van der Waals surface area contributed by atoms with E-state index in [9.17, 15) is 9.59 Å². The molecule has 1 atom stereocenters. The van der Waals surface area contributed by atoms with E-state index >= 15 is 0 Å². The lowest BCUT2D eigenvalue weighted by Gasteiger charge is -2.35. The van der Waals surface area contributed by atoms with Crippen LogP contribution in [-0.2, 0) is 4.79 Å². The van der Waals surface area contributed by atoms with Gasteiger partial charge >= 0.3 is 0 Å². The van der Waals surface area contributed by atoms with Gasteiger partial charge in [-0.1, -0.05) is 17.7 Å². The minimum absolute atomic E-state index is 0.130. The summed E-state index contributed by atoms with van der Waals surface area (Å²) in [6.45, 7) is 4.07. The Hall–Kier alpha value is -1.59. The third kappa shape index (κ3) is 3.29. The molecule has 108 valence electrons. The molecule has 1 unspecified atom stereocenters. The van der Waals surface area contributed by atoms with Crippen LogP contribution in [0, 0.1) is 0 Å². The van der Waals surface area contributed by atoms with E-state index in [0.717, 1.165) is 0 Å². The van der Waals surface area contributed by atoms with Gasteiger partial charge < -0.3 is 15.5 Å². The highest BCUT2D eigenvalue weighted by Crippen LogP contribution is 2.15. The van der Waals surface area contributed by atoms with Gasteiger partial charge in [0.2, 0.25) is 5.91 Å². The number of nitrogens with zero attached hydrogens (tertiary/aromatic N) is 1. The zero-order valence-electron chi connectivity index (χ0n) is 11.4. The Morgan fingerprint density at radius 2 is 2.30 bits per heavy atom. The summed E-state index contributed by atoms with van der Waals surface area (Å²) >= 11 is 5.91. The molecule has 0 saturated carbocycles. The van der Waals surface area contributed by atoms with Crippen molar-refractivity contribution in [3.05, 3.63) is 34.9 Å². The maximum Gasteiger partial charge on any atom is 0.254 e. The van der Waals surface area contributed by atoms with Crippen LogP contribution in [0.15, 0.2) is 24.3 Å². The van der Waals surface area contributed by atoms with E-state index in [0.29, 0.717) is 36.8 Å². The Balaban J connectivity index is 2.19. The summed E-state index contributed by atoms with van der Waals surface area (Å²) in [6.07, 6.45) is 0. The first-order chi connectivity index (χ1) is 9.63. The average molecular weight is 296 g/mol. The molecule has 6 heteroatoms. The van der Waals surface area contributed by atoms with Gasteiger partial charge in [0.05, 0.1) is 0 Å². The second-order valence-corrected chi connectivity index (χ2v) is 5.06. The number of benzene rings is 1. The summed E-state index contributed by atoms with van der Waals surface area (Å²) in [7, 11) is 0. The second kappa shape index (κ2) is 6.72. The Morgan fingerprint density at radius 3 is 3.00 bits per heavy atom. The maximum absolute atomic E-state index is 12.5. The molecule has 2 rings (SSSR count). The van der Waals surface area contributed by atoms with Crippen LogP contribution in [-0.4, -0.2) is 48.9 Å². The monoisotopic (exact) mass is 295 g/mol. The van der Waals surface area contributed by atoms with E-state index in [1.165, 1.54) is 0 Å². The zero-order valence-corrected chi connectivity index (χ0v) is 12.1. The molecule has 0 radical (unpaired) electrons. The second-order valence-electron chi connectivity index (χ2n) is 4.62. The molecule has 1 aromatic carbocycles. The molecule has 2 N–H and O–H groups in total. The first-order valence-electron chi connectivity index (χ1n) is 6.68. The normalized spacial score (nSPS) is 18.7. The molecule has 1 heterocycles. The molecule has 0 bridgehead atoms. The van der Waals surface area contributed by atoms with Gasteiger partial charge in [0.25, 0.3) is 5.91 Å². The molecule has 1 aliphatic heterocycles. The first kappa shape index (κ1) is 14.8. The number of nitrogens with one attached hydrogen (secondary N) is 2. The van der Waals surface area contributed by atoms with Crippen LogP contribution in [0.4, 0.5) is 0 Å². The lowest BCUT2D eigenvalue weighted by molar-refractivity contribution is -0.126. The summed E-state index contributed by atoms with van der Waals surface area (Å²) in [5.74, 6) is -0.291. The molecule has 0 aromatic heterocycles. The third-order valence-electron chi connectivity index (χ3n) is 3.23. The van der Waals surface area contributed by atoms with Crippen molar-refractivity contribution in [1.82, 2.24) is 15.5 Å². The number of carbonyl (C=O) groups excluding carboxylic acids is 2. The van der Waals surface area contributed by atoms with Gasteiger partial charge in [0, 0.05) is 36.8 Å². The summed E-state index contributed by atoms with van der Waals surface area (Å²) < 4.78 is 0. The Morgan fingerprint density at radius 1 is 1.50 bits per heavy atom. The van der Waals surface area contributed by atoms with Crippen molar-refractivity contribution in [2.24, 2.45) is 0 Å². The van der Waals surface area contributed by atoms with Crippen molar-refractivity contribution in [2.75, 3.05) is 26.2 Å². The maximum atomic E-state index is 12.5. The average Bonchev–Trinajstić information content (AvgIpc) is 2.47. The van der Waals surface area contributed by atoms with Crippen molar-refractivity contribution in [1.29, 1.82) is 0 Å². The Labute approximate surface area is 123 Å². The summed E-state index contributed by atoms with van der Waals surface area (Å²) in [5.41, 5.74) is 0.508. The number of rotatable bonds is 3. The predicted octanol–water partition coefficient (Wildman–Crippen LogP) is 0.890. The van der Waals surface area contributed by atoms with Crippen molar-refractivity contribution in [2.45, 2.75) is 13.0 Å². The number of hydrogen-bond acceptors (Lipinski definition) is 3.